The normalized spacial score (nSPS) is 16.9. The number of benzene rings is 1. The number of esters is 1. The average molecular weight is 371 g/mol. The molecule has 1 aromatic carbocycles. The molecule has 0 N–H and O–H groups in total. The lowest BCUT2D eigenvalue weighted by molar-refractivity contribution is -0.139. The second-order valence-corrected chi connectivity index (χ2v) is 7.17. The molecule has 7 heteroatoms. The summed E-state index contributed by atoms with van der Waals surface area (Å²) in [5.41, 5.74) is 1.67. The fraction of sp³-hybridized carbons (Fsp3) is 0.316. The monoisotopic (exact) mass is 371 g/mol. The lowest BCUT2D eigenvalue weighted by Crippen LogP contribution is -2.40. The number of thiazole rings is 1. The molecule has 26 heavy (non-hydrogen) atoms. The van der Waals surface area contributed by atoms with Gasteiger partial charge in [-0.1, -0.05) is 41.7 Å². The molecule has 1 aliphatic rings. The molecule has 0 fully saturated rings. The van der Waals surface area contributed by atoms with Crippen LogP contribution in [0.4, 0.5) is 0 Å². The van der Waals surface area contributed by atoms with E-state index >= 15 is 0 Å². The highest BCUT2D eigenvalue weighted by Crippen LogP contribution is 2.30. The number of ether oxygens (including phenoxy) is 1. The van der Waals surface area contributed by atoms with Gasteiger partial charge in [-0.25, -0.2) is 9.79 Å². The quantitative estimate of drug-likeness (QED) is 0.760. The van der Waals surface area contributed by atoms with Gasteiger partial charge in [0.2, 0.25) is 0 Å². The highest BCUT2D eigenvalue weighted by atomic mass is 32.1. The average Bonchev–Trinajstić information content (AvgIpc) is 2.89. The summed E-state index contributed by atoms with van der Waals surface area (Å²) >= 11 is 1.32. The van der Waals surface area contributed by atoms with Gasteiger partial charge in [0.25, 0.3) is 5.56 Å². The van der Waals surface area contributed by atoms with Crippen molar-refractivity contribution in [2.24, 2.45) is 4.99 Å². The molecule has 0 aliphatic carbocycles. The largest absolute Gasteiger partial charge is 0.463 e. The van der Waals surface area contributed by atoms with Crippen molar-refractivity contribution in [3.05, 3.63) is 66.9 Å². The van der Waals surface area contributed by atoms with Crippen molar-refractivity contribution >= 4 is 23.5 Å². The Morgan fingerprint density at radius 3 is 2.65 bits per heavy atom. The molecule has 0 saturated carbocycles. The molecule has 0 radical (unpaired) electrons. The number of nitrogens with zero attached hydrogens (tertiary/aromatic N) is 3. The molecule has 3 rings (SSSR count). The Morgan fingerprint density at radius 2 is 2.04 bits per heavy atom. The van der Waals surface area contributed by atoms with E-state index in [-0.39, 0.29) is 12.2 Å². The van der Waals surface area contributed by atoms with Gasteiger partial charge in [-0.15, -0.1) is 0 Å². The Morgan fingerprint density at radius 1 is 1.35 bits per heavy atom. The maximum Gasteiger partial charge on any atom is 0.338 e. The van der Waals surface area contributed by atoms with E-state index in [0.29, 0.717) is 20.6 Å². The predicted octanol–water partition coefficient (Wildman–Crippen LogP) is 1.27. The Balaban J connectivity index is 2.31. The first-order valence-electron chi connectivity index (χ1n) is 8.35. The van der Waals surface area contributed by atoms with E-state index < -0.39 is 12.0 Å². The summed E-state index contributed by atoms with van der Waals surface area (Å²) in [5, 5.41) is 0. The number of fused-ring (bicyclic) bond motifs is 1. The van der Waals surface area contributed by atoms with Gasteiger partial charge in [0.05, 0.1) is 23.9 Å². The van der Waals surface area contributed by atoms with Crippen LogP contribution >= 0.6 is 11.3 Å². The molecule has 0 spiro atoms. The van der Waals surface area contributed by atoms with Crippen molar-refractivity contribution in [3.63, 3.8) is 0 Å². The van der Waals surface area contributed by atoms with Crippen molar-refractivity contribution in [2.75, 3.05) is 20.7 Å². The van der Waals surface area contributed by atoms with Gasteiger partial charge in [-0.05, 0) is 19.4 Å². The van der Waals surface area contributed by atoms with Gasteiger partial charge >= 0.3 is 5.97 Å². The van der Waals surface area contributed by atoms with Gasteiger partial charge < -0.3 is 9.64 Å². The number of allylic oxidation sites excluding steroid dienone is 1. The molecule has 1 aliphatic heterocycles. The maximum atomic E-state index is 13.0. The van der Waals surface area contributed by atoms with Crippen molar-refractivity contribution in [3.8, 4) is 0 Å². The summed E-state index contributed by atoms with van der Waals surface area (Å²) in [6.45, 7) is 3.81. The second-order valence-electron chi connectivity index (χ2n) is 6.16. The van der Waals surface area contributed by atoms with Crippen LogP contribution in [0.15, 0.2) is 51.4 Å². The van der Waals surface area contributed by atoms with E-state index in [2.05, 4.69) is 4.99 Å². The van der Waals surface area contributed by atoms with Crippen LogP contribution in [-0.4, -0.2) is 36.1 Å². The highest BCUT2D eigenvalue weighted by molar-refractivity contribution is 7.07. The van der Waals surface area contributed by atoms with Crippen LogP contribution in [0.3, 0.4) is 0 Å². The third-order valence-corrected chi connectivity index (χ3v) is 4.98. The van der Waals surface area contributed by atoms with Crippen LogP contribution in [0, 0.1) is 0 Å². The van der Waals surface area contributed by atoms with Crippen molar-refractivity contribution in [2.45, 2.75) is 19.9 Å². The number of hydrogen-bond donors (Lipinski definition) is 0. The highest BCUT2D eigenvalue weighted by Gasteiger charge is 2.33. The molecule has 0 amide bonds. The maximum absolute atomic E-state index is 13.0. The topological polar surface area (TPSA) is 63.9 Å². The summed E-state index contributed by atoms with van der Waals surface area (Å²) in [4.78, 5) is 32.6. The first kappa shape index (κ1) is 18.1. The summed E-state index contributed by atoms with van der Waals surface area (Å²) < 4.78 is 7.41. The molecule has 0 saturated heterocycles. The molecular formula is C19H21N3O3S. The van der Waals surface area contributed by atoms with Gasteiger partial charge in [0, 0.05) is 20.3 Å². The molecule has 0 bridgehead atoms. The first-order valence-corrected chi connectivity index (χ1v) is 9.16. The van der Waals surface area contributed by atoms with Crippen LogP contribution in [0.25, 0.3) is 6.20 Å². The third-order valence-electron chi connectivity index (χ3n) is 4.01. The number of rotatable bonds is 4. The minimum atomic E-state index is -0.546. The zero-order valence-corrected chi connectivity index (χ0v) is 16.0. The second kappa shape index (κ2) is 7.29. The Kier molecular flexibility index (Phi) is 5.08. The van der Waals surface area contributed by atoms with Gasteiger partial charge in [0.15, 0.2) is 4.80 Å². The fourth-order valence-corrected chi connectivity index (χ4v) is 4.08. The molecule has 1 atom stereocenters. The molecule has 136 valence electrons. The smallest absolute Gasteiger partial charge is 0.338 e. The van der Waals surface area contributed by atoms with Crippen LogP contribution in [0.1, 0.15) is 25.5 Å². The summed E-state index contributed by atoms with van der Waals surface area (Å²) in [7, 11) is 3.73. The van der Waals surface area contributed by atoms with Gasteiger partial charge in [-0.3, -0.25) is 9.36 Å². The molecule has 1 aromatic heterocycles. The minimum absolute atomic E-state index is 0.161. The zero-order chi connectivity index (χ0) is 18.8. The molecule has 0 unspecified atom stereocenters. The third kappa shape index (κ3) is 3.22. The van der Waals surface area contributed by atoms with Gasteiger partial charge in [0.1, 0.15) is 4.53 Å². The van der Waals surface area contributed by atoms with Crippen LogP contribution in [-0.2, 0) is 9.53 Å². The van der Waals surface area contributed by atoms with Crippen molar-refractivity contribution in [1.29, 1.82) is 0 Å². The number of hydrogen-bond acceptors (Lipinski definition) is 6. The van der Waals surface area contributed by atoms with Gasteiger partial charge in [-0.2, -0.15) is 0 Å². The van der Waals surface area contributed by atoms with E-state index in [1.807, 2.05) is 49.3 Å². The summed E-state index contributed by atoms with van der Waals surface area (Å²) in [5.74, 6) is -0.440. The van der Waals surface area contributed by atoms with E-state index in [9.17, 15) is 9.59 Å². The van der Waals surface area contributed by atoms with E-state index in [1.54, 1.807) is 24.6 Å². The first-order chi connectivity index (χ1) is 12.4. The predicted molar refractivity (Wildman–Crippen MR) is 101 cm³/mol. The van der Waals surface area contributed by atoms with Crippen LogP contribution in [0.5, 0.6) is 0 Å². The number of aromatic nitrogens is 1. The zero-order valence-electron chi connectivity index (χ0n) is 15.2. The minimum Gasteiger partial charge on any atom is -0.463 e. The SMILES string of the molecule is CCOC(=O)C1=C(C)N=c2s/c(=C/N(C)C)c(=O)n2[C@@H]1c1ccccc1. The van der Waals surface area contributed by atoms with E-state index in [4.69, 9.17) is 4.74 Å². The lowest BCUT2D eigenvalue weighted by atomic mass is 9.96. The number of carbonyl (C=O) groups is 1. The fourth-order valence-electron chi connectivity index (χ4n) is 2.97. The molecular weight excluding hydrogens is 350 g/mol. The lowest BCUT2D eigenvalue weighted by Gasteiger charge is -2.24. The van der Waals surface area contributed by atoms with E-state index in [1.165, 1.54) is 11.3 Å². The van der Waals surface area contributed by atoms with Crippen LogP contribution < -0.4 is 14.9 Å². The molecule has 6 nitrogen and oxygen atoms in total. The Bertz CT molecular complexity index is 1030. The molecule has 2 heterocycles. The standard InChI is InChI=1S/C19H21N3O3S/c1-5-25-18(24)15-12(2)20-19-22(16(15)13-9-7-6-8-10-13)17(23)14(26-19)11-21(3)4/h6-11,16H,5H2,1-4H3/b14-11+/t16-/m1/s1. The molecule has 2 aromatic rings. The van der Waals surface area contributed by atoms with Crippen molar-refractivity contribution < 1.29 is 9.53 Å². The number of carbonyl (C=O) groups excluding carboxylic acids is 1. The Hall–Kier alpha value is -2.67. The summed E-state index contributed by atoms with van der Waals surface area (Å²) in [6.07, 6.45) is 1.77. The van der Waals surface area contributed by atoms with Crippen molar-refractivity contribution in [1.82, 2.24) is 9.47 Å². The van der Waals surface area contributed by atoms with E-state index in [0.717, 1.165) is 5.56 Å². The Labute approximate surface area is 155 Å². The summed E-state index contributed by atoms with van der Waals surface area (Å²) in [6, 6.07) is 8.96. The van der Waals surface area contributed by atoms with Crippen LogP contribution in [0.2, 0.25) is 0 Å².